The average molecular weight is 388 g/mol. The van der Waals surface area contributed by atoms with E-state index >= 15 is 0 Å². The van der Waals surface area contributed by atoms with Crippen molar-refractivity contribution in [3.8, 4) is 17.5 Å². The Morgan fingerprint density at radius 2 is 1.82 bits per heavy atom. The second-order valence-corrected chi connectivity index (χ2v) is 7.15. The number of aryl methyl sites for hydroxylation is 1. The van der Waals surface area contributed by atoms with Crippen LogP contribution in [0.25, 0.3) is 0 Å². The summed E-state index contributed by atoms with van der Waals surface area (Å²) in [6.45, 7) is 3.86. The predicted octanol–water partition coefficient (Wildman–Crippen LogP) is 2.40. The number of hydrogen-bond donors (Lipinski definition) is 1. The Kier molecular flexibility index (Phi) is 5.61. The summed E-state index contributed by atoms with van der Waals surface area (Å²) in [7, 11) is 0. The van der Waals surface area contributed by atoms with Crippen molar-refractivity contribution in [1.29, 1.82) is 0 Å². The number of ether oxygens (including phenoxy) is 3. The minimum Gasteiger partial charge on any atom is -0.493 e. The maximum absolute atomic E-state index is 10.8. The monoisotopic (exact) mass is 388 g/mol. The summed E-state index contributed by atoms with van der Waals surface area (Å²) in [5.41, 5.74) is 0. The van der Waals surface area contributed by atoms with Gasteiger partial charge in [0, 0.05) is 17.9 Å². The van der Waals surface area contributed by atoms with Crippen LogP contribution in [0.2, 0.25) is 0 Å². The minimum absolute atomic E-state index is 0.189. The third-order valence-corrected chi connectivity index (χ3v) is 5.08. The lowest BCUT2D eigenvalue weighted by Crippen LogP contribution is -2.31. The van der Waals surface area contributed by atoms with Crippen LogP contribution in [0.15, 0.2) is 30.5 Å². The molecule has 0 radical (unpaired) electrons. The van der Waals surface area contributed by atoms with Gasteiger partial charge in [-0.2, -0.15) is 0 Å². The Morgan fingerprint density at radius 1 is 1.14 bits per heavy atom. The molecule has 0 spiro atoms. The fraction of sp³-hybridized carbons (Fsp3) is 0.526. The first-order chi connectivity index (χ1) is 13.7. The van der Waals surface area contributed by atoms with Gasteiger partial charge in [0.15, 0.2) is 0 Å². The van der Waals surface area contributed by atoms with Gasteiger partial charge in [0.25, 0.3) is 0 Å². The van der Waals surface area contributed by atoms with Gasteiger partial charge >= 0.3 is 11.8 Å². The molecule has 1 aromatic heterocycles. The van der Waals surface area contributed by atoms with E-state index in [2.05, 4.69) is 10.3 Å². The smallest absolute Gasteiger partial charge is 0.414 e. The lowest BCUT2D eigenvalue weighted by molar-refractivity contribution is -0.389. The number of imidazole rings is 1. The second-order valence-electron chi connectivity index (χ2n) is 7.15. The van der Waals surface area contributed by atoms with E-state index in [-0.39, 0.29) is 17.9 Å². The van der Waals surface area contributed by atoms with Gasteiger partial charge in [0.2, 0.25) is 0 Å². The summed E-state index contributed by atoms with van der Waals surface area (Å²) in [6, 6.07) is 7.86. The van der Waals surface area contributed by atoms with Gasteiger partial charge in [-0.15, -0.1) is 0 Å². The molecule has 9 nitrogen and oxygen atoms in total. The molecule has 2 aliphatic heterocycles. The second kappa shape index (κ2) is 8.47. The van der Waals surface area contributed by atoms with E-state index in [0.29, 0.717) is 25.5 Å². The largest absolute Gasteiger partial charge is 0.493 e. The molecule has 0 saturated carbocycles. The van der Waals surface area contributed by atoms with Crippen LogP contribution < -0.4 is 19.5 Å². The average Bonchev–Trinajstić information content (AvgIpc) is 3.16. The first-order valence-corrected chi connectivity index (χ1v) is 9.62. The fourth-order valence-corrected chi connectivity index (χ4v) is 3.42. The first kappa shape index (κ1) is 18.5. The molecule has 1 atom stereocenters. The Morgan fingerprint density at radius 3 is 2.50 bits per heavy atom. The topological polar surface area (TPSA) is 101 Å². The van der Waals surface area contributed by atoms with Crippen LogP contribution in [0, 0.1) is 16.0 Å². The van der Waals surface area contributed by atoms with Crippen molar-refractivity contribution < 1.29 is 19.1 Å². The highest BCUT2D eigenvalue weighted by atomic mass is 16.6. The lowest BCUT2D eigenvalue weighted by Gasteiger charge is -2.23. The number of fused-ring (bicyclic) bond motifs is 1. The number of hydrogen-bond acceptors (Lipinski definition) is 7. The Labute approximate surface area is 162 Å². The van der Waals surface area contributed by atoms with Crippen LogP contribution in [0.3, 0.4) is 0 Å². The molecule has 1 N–H and O–H groups in total. The van der Waals surface area contributed by atoms with Gasteiger partial charge in [-0.05, 0) is 61.0 Å². The van der Waals surface area contributed by atoms with Gasteiger partial charge in [-0.1, -0.05) is 0 Å². The molecule has 0 bridgehead atoms. The normalized spacial score (nSPS) is 19.5. The summed E-state index contributed by atoms with van der Waals surface area (Å²) in [4.78, 5) is 14.2. The van der Waals surface area contributed by atoms with Gasteiger partial charge < -0.3 is 29.6 Å². The summed E-state index contributed by atoms with van der Waals surface area (Å²) >= 11 is 0. The first-order valence-electron chi connectivity index (χ1n) is 9.62. The predicted molar refractivity (Wildman–Crippen MR) is 101 cm³/mol. The van der Waals surface area contributed by atoms with Gasteiger partial charge in [0.05, 0.1) is 6.61 Å². The standard InChI is InChI=1S/C19H24N4O5/c24-23(25)18-11-22-10-7-17(28-19(22)21-18)13-27-16-3-1-15(2-4-16)26-12-14-5-8-20-9-6-14/h1-4,11,14,17,20H,5-10,12-13H2. The number of aromatic nitrogens is 2. The highest BCUT2D eigenvalue weighted by molar-refractivity contribution is 5.31. The Balaban J connectivity index is 1.24. The maximum Gasteiger partial charge on any atom is 0.414 e. The Bertz CT molecular complexity index is 801. The summed E-state index contributed by atoms with van der Waals surface area (Å²) in [5.74, 6) is 1.99. The molecule has 4 rings (SSSR count). The van der Waals surface area contributed by atoms with E-state index in [1.807, 2.05) is 24.3 Å². The van der Waals surface area contributed by atoms with E-state index in [1.165, 1.54) is 6.20 Å². The molecule has 3 heterocycles. The fourth-order valence-electron chi connectivity index (χ4n) is 3.42. The van der Waals surface area contributed by atoms with Crippen molar-refractivity contribution in [2.45, 2.75) is 31.9 Å². The van der Waals surface area contributed by atoms with Crippen molar-refractivity contribution in [2.75, 3.05) is 26.3 Å². The molecule has 1 saturated heterocycles. The Hall–Kier alpha value is -2.81. The molecule has 28 heavy (non-hydrogen) atoms. The van der Waals surface area contributed by atoms with Crippen LogP contribution in [0.1, 0.15) is 19.3 Å². The maximum atomic E-state index is 10.8. The SMILES string of the molecule is O=[N+]([O-])c1cn2c(n1)OC(COc1ccc(OCC3CCNCC3)cc1)CC2. The summed E-state index contributed by atoms with van der Waals surface area (Å²) in [5, 5.41) is 14.2. The number of benzene rings is 1. The molecule has 2 aromatic rings. The molecule has 2 aliphatic rings. The number of piperidine rings is 1. The number of rotatable bonds is 7. The van der Waals surface area contributed by atoms with Crippen LogP contribution in [-0.2, 0) is 6.54 Å². The van der Waals surface area contributed by atoms with E-state index in [9.17, 15) is 10.1 Å². The molecule has 1 fully saturated rings. The van der Waals surface area contributed by atoms with Crippen LogP contribution >= 0.6 is 0 Å². The summed E-state index contributed by atoms with van der Waals surface area (Å²) < 4.78 is 19.0. The highest BCUT2D eigenvalue weighted by Gasteiger charge is 2.28. The highest BCUT2D eigenvalue weighted by Crippen LogP contribution is 2.25. The van der Waals surface area contributed by atoms with Crippen LogP contribution in [0.5, 0.6) is 17.5 Å². The number of nitrogens with one attached hydrogen (secondary N) is 1. The molecule has 0 aliphatic carbocycles. The molecule has 1 unspecified atom stereocenters. The van der Waals surface area contributed by atoms with Crippen molar-refractivity contribution >= 4 is 5.82 Å². The van der Waals surface area contributed by atoms with Crippen molar-refractivity contribution in [1.82, 2.24) is 14.9 Å². The summed E-state index contributed by atoms with van der Waals surface area (Å²) in [6.07, 6.45) is 4.23. The van der Waals surface area contributed by atoms with E-state index in [1.54, 1.807) is 4.57 Å². The molecular weight excluding hydrogens is 364 g/mol. The molecule has 150 valence electrons. The van der Waals surface area contributed by atoms with Crippen molar-refractivity contribution in [3.63, 3.8) is 0 Å². The van der Waals surface area contributed by atoms with Crippen molar-refractivity contribution in [3.05, 3.63) is 40.6 Å². The molecular formula is C19H24N4O5. The third-order valence-electron chi connectivity index (χ3n) is 5.08. The van der Waals surface area contributed by atoms with E-state index in [4.69, 9.17) is 14.2 Å². The molecule has 0 amide bonds. The minimum atomic E-state index is -0.519. The van der Waals surface area contributed by atoms with E-state index < -0.39 is 4.92 Å². The van der Waals surface area contributed by atoms with Gasteiger partial charge in [-0.25, -0.2) is 0 Å². The zero-order valence-electron chi connectivity index (χ0n) is 15.6. The number of nitro groups is 1. The van der Waals surface area contributed by atoms with Crippen LogP contribution in [0.4, 0.5) is 5.82 Å². The van der Waals surface area contributed by atoms with Crippen molar-refractivity contribution in [2.24, 2.45) is 5.92 Å². The van der Waals surface area contributed by atoms with Gasteiger partial charge in [0.1, 0.15) is 30.4 Å². The van der Waals surface area contributed by atoms with E-state index in [0.717, 1.165) is 44.0 Å². The quantitative estimate of drug-likeness (QED) is 0.574. The lowest BCUT2D eigenvalue weighted by atomic mass is 9.99. The molecule has 9 heteroatoms. The van der Waals surface area contributed by atoms with Crippen LogP contribution in [-0.4, -0.2) is 46.9 Å². The zero-order valence-corrected chi connectivity index (χ0v) is 15.6. The zero-order chi connectivity index (χ0) is 19.3. The van der Waals surface area contributed by atoms with Gasteiger partial charge in [-0.3, -0.25) is 4.57 Å². The number of nitrogens with zero attached hydrogens (tertiary/aromatic N) is 3. The third kappa shape index (κ3) is 4.53. The molecule has 1 aromatic carbocycles.